The molecule has 0 unspecified atom stereocenters. The summed E-state index contributed by atoms with van der Waals surface area (Å²) in [5.41, 5.74) is 3.69. The first-order valence-corrected chi connectivity index (χ1v) is 6.88. The minimum atomic E-state index is 0.927. The van der Waals surface area contributed by atoms with Crippen molar-refractivity contribution in [3.63, 3.8) is 0 Å². The van der Waals surface area contributed by atoms with Crippen molar-refractivity contribution < 1.29 is 0 Å². The number of rotatable bonds is 4. The molecule has 0 aromatic carbocycles. The number of thiazole rings is 1. The van der Waals surface area contributed by atoms with Crippen LogP contribution in [0, 0.1) is 20.8 Å². The van der Waals surface area contributed by atoms with Crippen LogP contribution in [0.2, 0.25) is 0 Å². The van der Waals surface area contributed by atoms with Gasteiger partial charge in [-0.2, -0.15) is 5.10 Å². The van der Waals surface area contributed by atoms with E-state index in [1.807, 2.05) is 17.9 Å². The average molecular weight is 264 g/mol. The van der Waals surface area contributed by atoms with Gasteiger partial charge in [-0.25, -0.2) is 4.98 Å². The molecule has 0 atom stereocenters. The summed E-state index contributed by atoms with van der Waals surface area (Å²) in [5, 5.41) is 5.42. The highest BCUT2D eigenvalue weighted by atomic mass is 32.1. The summed E-state index contributed by atoms with van der Waals surface area (Å²) in [7, 11) is 4.12. The number of hydrogen-bond donors (Lipinski definition) is 0. The lowest BCUT2D eigenvalue weighted by Gasteiger charge is -2.15. The van der Waals surface area contributed by atoms with E-state index < -0.39 is 0 Å². The van der Waals surface area contributed by atoms with E-state index in [0.29, 0.717) is 0 Å². The molecule has 2 heterocycles. The molecule has 0 amide bonds. The zero-order valence-corrected chi connectivity index (χ0v) is 12.5. The topological polar surface area (TPSA) is 34.0 Å². The van der Waals surface area contributed by atoms with E-state index in [1.54, 1.807) is 11.3 Å². The summed E-state index contributed by atoms with van der Waals surface area (Å²) < 4.78 is 1.92. The Bertz CT molecular complexity index is 537. The number of aromatic nitrogens is 3. The molecule has 0 saturated heterocycles. The summed E-state index contributed by atoms with van der Waals surface area (Å²) in [6.07, 6.45) is 1.95. The minimum absolute atomic E-state index is 0.927. The Hall–Kier alpha value is -1.20. The Morgan fingerprint density at radius 1 is 1.28 bits per heavy atom. The largest absolute Gasteiger partial charge is 0.297 e. The van der Waals surface area contributed by atoms with Gasteiger partial charge in [0.25, 0.3) is 0 Å². The molecule has 0 bridgehead atoms. The van der Waals surface area contributed by atoms with E-state index in [-0.39, 0.29) is 0 Å². The first-order valence-electron chi connectivity index (χ1n) is 6.06. The molecular weight excluding hydrogens is 244 g/mol. The van der Waals surface area contributed by atoms with Crippen LogP contribution >= 0.6 is 11.3 Å². The normalized spacial score (nSPS) is 11.4. The molecule has 4 nitrogen and oxygen atoms in total. The quantitative estimate of drug-likeness (QED) is 0.850. The van der Waals surface area contributed by atoms with Gasteiger partial charge in [0.15, 0.2) is 0 Å². The Kier molecular flexibility index (Phi) is 3.82. The third-order valence-electron chi connectivity index (χ3n) is 3.19. The van der Waals surface area contributed by atoms with E-state index >= 15 is 0 Å². The van der Waals surface area contributed by atoms with Crippen LogP contribution in [-0.4, -0.2) is 26.7 Å². The van der Waals surface area contributed by atoms with Crippen LogP contribution in [0.25, 0.3) is 0 Å². The van der Waals surface area contributed by atoms with Crippen LogP contribution in [0.4, 0.5) is 0 Å². The monoisotopic (exact) mass is 264 g/mol. The molecule has 5 heteroatoms. The smallest absolute Gasteiger partial charge is 0.0900 e. The zero-order valence-electron chi connectivity index (χ0n) is 11.7. The van der Waals surface area contributed by atoms with Crippen molar-refractivity contribution in [2.24, 2.45) is 7.05 Å². The van der Waals surface area contributed by atoms with Crippen LogP contribution in [0.3, 0.4) is 0 Å². The molecule has 2 aromatic heterocycles. The lowest BCUT2D eigenvalue weighted by atomic mass is 10.2. The van der Waals surface area contributed by atoms with Crippen LogP contribution < -0.4 is 0 Å². The lowest BCUT2D eigenvalue weighted by molar-refractivity contribution is 0.320. The average Bonchev–Trinajstić information content (AvgIpc) is 2.76. The maximum absolute atomic E-state index is 4.47. The van der Waals surface area contributed by atoms with Crippen LogP contribution in [-0.2, 0) is 20.1 Å². The van der Waals surface area contributed by atoms with Gasteiger partial charge in [-0.3, -0.25) is 9.58 Å². The van der Waals surface area contributed by atoms with E-state index in [1.165, 1.54) is 16.1 Å². The highest BCUT2D eigenvalue weighted by molar-refractivity contribution is 7.11. The molecule has 98 valence electrons. The Morgan fingerprint density at radius 3 is 2.50 bits per heavy atom. The zero-order chi connectivity index (χ0) is 13.3. The molecule has 2 rings (SSSR count). The maximum Gasteiger partial charge on any atom is 0.0900 e. The van der Waals surface area contributed by atoms with Gasteiger partial charge in [0.2, 0.25) is 0 Å². The van der Waals surface area contributed by atoms with Gasteiger partial charge in [0.05, 0.1) is 16.9 Å². The molecule has 18 heavy (non-hydrogen) atoms. The van der Waals surface area contributed by atoms with Crippen molar-refractivity contribution in [2.45, 2.75) is 33.9 Å². The Morgan fingerprint density at radius 2 is 2.00 bits per heavy atom. The lowest BCUT2D eigenvalue weighted by Crippen LogP contribution is -2.17. The molecule has 0 spiro atoms. The second kappa shape index (κ2) is 5.20. The van der Waals surface area contributed by atoms with Gasteiger partial charge < -0.3 is 0 Å². The second-order valence-electron chi connectivity index (χ2n) is 4.79. The second-order valence-corrected chi connectivity index (χ2v) is 6.08. The van der Waals surface area contributed by atoms with Gasteiger partial charge in [0, 0.05) is 36.3 Å². The van der Waals surface area contributed by atoms with Crippen LogP contribution in [0.5, 0.6) is 0 Å². The molecule has 0 N–H and O–H groups in total. The molecule has 0 aliphatic heterocycles. The van der Waals surface area contributed by atoms with Gasteiger partial charge in [0.1, 0.15) is 0 Å². The highest BCUT2D eigenvalue weighted by Crippen LogP contribution is 2.19. The molecular formula is C13H20N4S. The summed E-state index contributed by atoms with van der Waals surface area (Å²) in [4.78, 5) is 8.14. The van der Waals surface area contributed by atoms with E-state index in [0.717, 1.165) is 23.8 Å². The van der Waals surface area contributed by atoms with Gasteiger partial charge in [-0.15, -0.1) is 11.3 Å². The van der Waals surface area contributed by atoms with Crippen LogP contribution in [0.15, 0.2) is 6.20 Å². The summed E-state index contributed by atoms with van der Waals surface area (Å²) >= 11 is 1.79. The molecule has 0 aliphatic rings. The fraction of sp³-hybridized carbons (Fsp3) is 0.538. The number of aryl methyl sites for hydroxylation is 3. The minimum Gasteiger partial charge on any atom is -0.297 e. The van der Waals surface area contributed by atoms with E-state index in [9.17, 15) is 0 Å². The standard InChI is InChI=1S/C13H20N4S/c1-9-13(18-11(3)15-9)8-16(4)7-12-6-14-17(5)10(12)2/h6H,7-8H2,1-5H3. The van der Waals surface area contributed by atoms with Gasteiger partial charge >= 0.3 is 0 Å². The molecule has 0 radical (unpaired) electrons. The Balaban J connectivity index is 2.03. The fourth-order valence-corrected chi connectivity index (χ4v) is 3.03. The number of hydrogen-bond acceptors (Lipinski definition) is 4. The van der Waals surface area contributed by atoms with Crippen molar-refractivity contribution in [3.05, 3.63) is 33.0 Å². The van der Waals surface area contributed by atoms with Crippen molar-refractivity contribution in [1.82, 2.24) is 19.7 Å². The van der Waals surface area contributed by atoms with Gasteiger partial charge in [-0.1, -0.05) is 0 Å². The first-order chi connectivity index (χ1) is 8.47. The van der Waals surface area contributed by atoms with E-state index in [4.69, 9.17) is 0 Å². The SMILES string of the molecule is Cc1nc(C)c(CN(C)Cc2cnn(C)c2C)s1. The summed E-state index contributed by atoms with van der Waals surface area (Å²) in [5.74, 6) is 0. The van der Waals surface area contributed by atoms with Crippen molar-refractivity contribution >= 4 is 11.3 Å². The highest BCUT2D eigenvalue weighted by Gasteiger charge is 2.10. The molecule has 0 aliphatic carbocycles. The predicted octanol–water partition coefficient (Wildman–Crippen LogP) is 2.43. The van der Waals surface area contributed by atoms with Crippen molar-refractivity contribution in [1.29, 1.82) is 0 Å². The van der Waals surface area contributed by atoms with E-state index in [2.05, 4.69) is 42.8 Å². The van der Waals surface area contributed by atoms with Gasteiger partial charge in [-0.05, 0) is 27.8 Å². The third-order valence-corrected chi connectivity index (χ3v) is 4.25. The molecule has 0 fully saturated rings. The Labute approximate surface area is 112 Å². The molecule has 2 aromatic rings. The maximum atomic E-state index is 4.47. The van der Waals surface area contributed by atoms with Crippen molar-refractivity contribution in [2.75, 3.05) is 7.05 Å². The van der Waals surface area contributed by atoms with Crippen LogP contribution in [0.1, 0.15) is 26.8 Å². The summed E-state index contributed by atoms with van der Waals surface area (Å²) in [6.45, 7) is 8.13. The fourth-order valence-electron chi connectivity index (χ4n) is 2.01. The first kappa shape index (κ1) is 13.2. The third kappa shape index (κ3) is 2.79. The summed E-state index contributed by atoms with van der Waals surface area (Å²) in [6, 6.07) is 0. The predicted molar refractivity (Wildman–Crippen MR) is 74.7 cm³/mol. The molecule has 0 saturated carbocycles. The number of nitrogens with zero attached hydrogens (tertiary/aromatic N) is 4. The van der Waals surface area contributed by atoms with Crippen molar-refractivity contribution in [3.8, 4) is 0 Å².